The Morgan fingerprint density at radius 3 is 2.75 bits per heavy atom. The van der Waals surface area contributed by atoms with E-state index in [9.17, 15) is 0 Å². The fourth-order valence-corrected chi connectivity index (χ4v) is 3.51. The van der Waals surface area contributed by atoms with Crippen LogP contribution in [0.25, 0.3) is 0 Å². The second-order valence-electron chi connectivity index (χ2n) is 5.33. The number of hydrogen-bond donors (Lipinski definition) is 0. The van der Waals surface area contributed by atoms with Gasteiger partial charge in [-0.05, 0) is 31.9 Å². The Labute approximate surface area is 98.2 Å². The molecule has 2 heteroatoms. The fraction of sp³-hybridized carbons (Fsp3) is 0.714. The molecule has 1 aliphatic heterocycles. The zero-order chi connectivity index (χ0) is 11.0. The molecular weight excluding hydrogens is 196 g/mol. The standard InChI is InChI=1S/C14H22N2/c1-12-14-8-5-9-15(14)10-11-16(12)13-6-3-2-4-7-13/h5,8-9,12-13H,2-4,6-7,10-11H2,1H3. The third kappa shape index (κ3) is 1.69. The summed E-state index contributed by atoms with van der Waals surface area (Å²) in [5, 5.41) is 0. The van der Waals surface area contributed by atoms with Crippen molar-refractivity contribution >= 4 is 0 Å². The predicted molar refractivity (Wildman–Crippen MR) is 66.4 cm³/mol. The van der Waals surface area contributed by atoms with Crippen LogP contribution in [-0.2, 0) is 6.54 Å². The molecule has 1 atom stereocenters. The first-order chi connectivity index (χ1) is 7.86. The van der Waals surface area contributed by atoms with Crippen LogP contribution >= 0.6 is 0 Å². The van der Waals surface area contributed by atoms with Gasteiger partial charge in [0.25, 0.3) is 0 Å². The van der Waals surface area contributed by atoms with Crippen LogP contribution in [-0.4, -0.2) is 22.1 Å². The largest absolute Gasteiger partial charge is 0.349 e. The zero-order valence-electron chi connectivity index (χ0n) is 10.2. The third-order valence-corrected chi connectivity index (χ3v) is 4.43. The summed E-state index contributed by atoms with van der Waals surface area (Å²) in [7, 11) is 0. The first-order valence-corrected chi connectivity index (χ1v) is 6.77. The molecule has 1 unspecified atom stereocenters. The van der Waals surface area contributed by atoms with Gasteiger partial charge >= 0.3 is 0 Å². The lowest BCUT2D eigenvalue weighted by Gasteiger charge is -2.42. The first kappa shape index (κ1) is 10.4. The van der Waals surface area contributed by atoms with Crippen LogP contribution in [0.2, 0.25) is 0 Å². The minimum Gasteiger partial charge on any atom is -0.349 e. The Kier molecular flexibility index (Phi) is 2.76. The molecular formula is C14H22N2. The maximum atomic E-state index is 2.74. The average molecular weight is 218 g/mol. The number of aromatic nitrogens is 1. The van der Waals surface area contributed by atoms with Crippen LogP contribution < -0.4 is 0 Å². The van der Waals surface area contributed by atoms with Gasteiger partial charge in [0.2, 0.25) is 0 Å². The van der Waals surface area contributed by atoms with Crippen LogP contribution in [0.15, 0.2) is 18.3 Å². The summed E-state index contributed by atoms with van der Waals surface area (Å²) >= 11 is 0. The second kappa shape index (κ2) is 4.25. The molecule has 0 N–H and O–H groups in total. The van der Waals surface area contributed by atoms with E-state index in [1.54, 1.807) is 0 Å². The Bertz CT molecular complexity index is 349. The molecule has 88 valence electrons. The number of rotatable bonds is 1. The maximum Gasteiger partial charge on any atom is 0.0475 e. The van der Waals surface area contributed by atoms with E-state index in [1.807, 2.05) is 0 Å². The number of nitrogens with zero attached hydrogens (tertiary/aromatic N) is 2. The minimum atomic E-state index is 0.617. The van der Waals surface area contributed by atoms with E-state index in [-0.39, 0.29) is 0 Å². The molecule has 0 spiro atoms. The van der Waals surface area contributed by atoms with Gasteiger partial charge in [-0.2, -0.15) is 0 Å². The van der Waals surface area contributed by atoms with Gasteiger partial charge < -0.3 is 4.57 Å². The van der Waals surface area contributed by atoms with Gasteiger partial charge in [0.1, 0.15) is 0 Å². The summed E-state index contributed by atoms with van der Waals surface area (Å²) in [6, 6.07) is 5.95. The average Bonchev–Trinajstić information content (AvgIpc) is 2.80. The zero-order valence-corrected chi connectivity index (χ0v) is 10.2. The van der Waals surface area contributed by atoms with Crippen molar-refractivity contribution in [2.75, 3.05) is 6.54 Å². The highest BCUT2D eigenvalue weighted by molar-refractivity contribution is 5.14. The van der Waals surface area contributed by atoms with Crippen molar-refractivity contribution in [1.29, 1.82) is 0 Å². The van der Waals surface area contributed by atoms with E-state index in [1.165, 1.54) is 50.9 Å². The van der Waals surface area contributed by atoms with Crippen molar-refractivity contribution in [3.63, 3.8) is 0 Å². The van der Waals surface area contributed by atoms with Crippen molar-refractivity contribution in [3.05, 3.63) is 24.0 Å². The third-order valence-electron chi connectivity index (χ3n) is 4.43. The lowest BCUT2D eigenvalue weighted by molar-refractivity contribution is 0.0864. The predicted octanol–water partition coefficient (Wildman–Crippen LogP) is 3.20. The summed E-state index contributed by atoms with van der Waals surface area (Å²) in [5.74, 6) is 0. The van der Waals surface area contributed by atoms with Crippen LogP contribution in [0.1, 0.15) is 50.8 Å². The lowest BCUT2D eigenvalue weighted by atomic mass is 9.92. The van der Waals surface area contributed by atoms with Gasteiger partial charge in [-0.25, -0.2) is 0 Å². The van der Waals surface area contributed by atoms with Gasteiger partial charge in [0.05, 0.1) is 0 Å². The molecule has 0 radical (unpaired) electrons. The molecule has 2 nitrogen and oxygen atoms in total. The molecule has 1 aliphatic carbocycles. The monoisotopic (exact) mass is 218 g/mol. The summed E-state index contributed by atoms with van der Waals surface area (Å²) in [4.78, 5) is 2.74. The highest BCUT2D eigenvalue weighted by atomic mass is 15.2. The molecule has 2 heterocycles. The van der Waals surface area contributed by atoms with Gasteiger partial charge in [-0.1, -0.05) is 19.3 Å². The normalized spacial score (nSPS) is 27.9. The highest BCUT2D eigenvalue weighted by Gasteiger charge is 2.29. The molecule has 3 rings (SSSR count). The fourth-order valence-electron chi connectivity index (χ4n) is 3.51. The van der Waals surface area contributed by atoms with Gasteiger partial charge in [-0.3, -0.25) is 4.90 Å². The SMILES string of the molecule is CC1c2cccn2CCN1C1CCCCC1. The Balaban J connectivity index is 1.78. The molecule has 0 aromatic carbocycles. The summed E-state index contributed by atoms with van der Waals surface area (Å²) < 4.78 is 2.42. The van der Waals surface area contributed by atoms with E-state index >= 15 is 0 Å². The van der Waals surface area contributed by atoms with E-state index in [2.05, 4.69) is 34.7 Å². The van der Waals surface area contributed by atoms with Crippen LogP contribution in [0.4, 0.5) is 0 Å². The molecule has 1 aromatic rings. The van der Waals surface area contributed by atoms with Gasteiger partial charge in [-0.15, -0.1) is 0 Å². The maximum absolute atomic E-state index is 2.74. The van der Waals surface area contributed by atoms with Crippen LogP contribution in [0.5, 0.6) is 0 Å². The first-order valence-electron chi connectivity index (χ1n) is 6.77. The van der Waals surface area contributed by atoms with E-state index in [0.29, 0.717) is 6.04 Å². The van der Waals surface area contributed by atoms with Gasteiger partial charge in [0.15, 0.2) is 0 Å². The lowest BCUT2D eigenvalue weighted by Crippen LogP contribution is -2.44. The number of hydrogen-bond acceptors (Lipinski definition) is 1. The summed E-state index contributed by atoms with van der Waals surface area (Å²) in [5.41, 5.74) is 1.51. The van der Waals surface area contributed by atoms with Crippen LogP contribution in [0, 0.1) is 0 Å². The smallest absolute Gasteiger partial charge is 0.0475 e. The molecule has 1 fully saturated rings. The van der Waals surface area contributed by atoms with Crippen molar-refractivity contribution in [3.8, 4) is 0 Å². The van der Waals surface area contributed by atoms with Crippen molar-refractivity contribution < 1.29 is 0 Å². The van der Waals surface area contributed by atoms with Crippen molar-refractivity contribution in [1.82, 2.24) is 9.47 Å². The molecule has 0 saturated heterocycles. The van der Waals surface area contributed by atoms with E-state index in [4.69, 9.17) is 0 Å². The highest BCUT2D eigenvalue weighted by Crippen LogP contribution is 2.32. The Hall–Kier alpha value is -0.760. The minimum absolute atomic E-state index is 0.617. The van der Waals surface area contributed by atoms with Gasteiger partial charge in [0, 0.05) is 37.1 Å². The topological polar surface area (TPSA) is 8.17 Å². The van der Waals surface area contributed by atoms with Crippen molar-refractivity contribution in [2.45, 2.75) is 57.7 Å². The Morgan fingerprint density at radius 2 is 1.94 bits per heavy atom. The summed E-state index contributed by atoms with van der Waals surface area (Å²) in [6.07, 6.45) is 9.40. The van der Waals surface area contributed by atoms with E-state index in [0.717, 1.165) is 6.04 Å². The molecule has 1 saturated carbocycles. The molecule has 0 bridgehead atoms. The molecule has 1 aromatic heterocycles. The molecule has 0 amide bonds. The molecule has 2 aliphatic rings. The molecule has 16 heavy (non-hydrogen) atoms. The van der Waals surface area contributed by atoms with Crippen LogP contribution in [0.3, 0.4) is 0 Å². The van der Waals surface area contributed by atoms with E-state index < -0.39 is 0 Å². The Morgan fingerprint density at radius 1 is 1.12 bits per heavy atom. The summed E-state index contributed by atoms with van der Waals surface area (Å²) in [6.45, 7) is 4.80. The second-order valence-corrected chi connectivity index (χ2v) is 5.33. The quantitative estimate of drug-likeness (QED) is 0.702. The van der Waals surface area contributed by atoms with Crippen molar-refractivity contribution in [2.24, 2.45) is 0 Å². The number of fused-ring (bicyclic) bond motifs is 1.